The van der Waals surface area contributed by atoms with Gasteiger partial charge >= 0.3 is 47.6 Å². The van der Waals surface area contributed by atoms with Crippen molar-refractivity contribution in [1.82, 2.24) is 0 Å². The maximum atomic E-state index is 14.7. The standard InChI is InChI=1S/C17H30F10O9Si2/c1-7-28-37(29-8-2,30-9-3)16(24,25)35-14(20,21)13(18,19)34-15(22,23)36-17(26,27)38(31-10-4,32-11-5)33-12-6/h7-12H2,1-6H3. The molecule has 0 aromatic rings. The lowest BCUT2D eigenvalue weighted by atomic mass is 10.6. The fourth-order valence-corrected chi connectivity index (χ4v) is 6.90. The topological polar surface area (TPSA) is 83.1 Å². The molecule has 0 saturated carbocycles. The summed E-state index contributed by atoms with van der Waals surface area (Å²) in [4.78, 5) is 0. The van der Waals surface area contributed by atoms with Crippen molar-refractivity contribution in [3.8, 4) is 0 Å². The molecule has 0 fully saturated rings. The van der Waals surface area contributed by atoms with Gasteiger partial charge in [-0.2, -0.15) is 35.1 Å². The molecule has 0 spiro atoms. The van der Waals surface area contributed by atoms with Crippen molar-refractivity contribution in [2.45, 2.75) is 71.5 Å². The van der Waals surface area contributed by atoms with Gasteiger partial charge in [0.05, 0.1) is 0 Å². The van der Waals surface area contributed by atoms with E-state index in [0.717, 1.165) is 41.5 Å². The number of rotatable bonds is 21. The molecule has 0 heterocycles. The minimum absolute atomic E-state index is 0.625. The van der Waals surface area contributed by atoms with Crippen LogP contribution in [0.5, 0.6) is 0 Å². The van der Waals surface area contributed by atoms with Gasteiger partial charge in [0.2, 0.25) is 0 Å². The first-order valence-electron chi connectivity index (χ1n) is 11.1. The minimum Gasteiger partial charge on any atom is -0.369 e. The van der Waals surface area contributed by atoms with Gasteiger partial charge in [0, 0.05) is 39.6 Å². The maximum absolute atomic E-state index is 14.7. The van der Waals surface area contributed by atoms with Crippen LogP contribution in [0.4, 0.5) is 43.9 Å². The van der Waals surface area contributed by atoms with Gasteiger partial charge in [-0.1, -0.05) is 0 Å². The van der Waals surface area contributed by atoms with Gasteiger partial charge in [-0.15, -0.1) is 8.78 Å². The summed E-state index contributed by atoms with van der Waals surface area (Å²) < 4.78 is 179. The Hall–Kier alpha value is -0.626. The van der Waals surface area contributed by atoms with E-state index >= 15 is 0 Å². The Morgan fingerprint density at radius 1 is 0.395 bits per heavy atom. The van der Waals surface area contributed by atoms with E-state index in [9.17, 15) is 43.9 Å². The second-order valence-corrected chi connectivity index (χ2v) is 11.7. The number of halogens is 10. The fourth-order valence-electron chi connectivity index (χ4n) is 2.62. The summed E-state index contributed by atoms with van der Waals surface area (Å²) in [6.07, 6.45) is -19.6. The molecule has 0 amide bonds. The molecule has 0 aromatic heterocycles. The van der Waals surface area contributed by atoms with Crippen LogP contribution in [0.2, 0.25) is 0 Å². The molecule has 0 aliphatic carbocycles. The average Bonchev–Trinajstić information content (AvgIpc) is 2.72. The summed E-state index contributed by atoms with van der Waals surface area (Å²) in [5.41, 5.74) is -10.8. The van der Waals surface area contributed by atoms with Crippen LogP contribution in [0, 0.1) is 0 Å². The summed E-state index contributed by atoms with van der Waals surface area (Å²) in [6.45, 7) is 2.80. The first-order valence-corrected chi connectivity index (χ1v) is 14.5. The summed E-state index contributed by atoms with van der Waals surface area (Å²) in [5.74, 6) is 0. The van der Waals surface area contributed by atoms with Crippen molar-refractivity contribution in [1.29, 1.82) is 0 Å². The molecule has 38 heavy (non-hydrogen) atoms. The highest BCUT2D eigenvalue weighted by Crippen LogP contribution is 2.47. The van der Waals surface area contributed by atoms with Gasteiger partial charge in [-0.05, 0) is 41.5 Å². The van der Waals surface area contributed by atoms with Crippen molar-refractivity contribution in [2.75, 3.05) is 39.6 Å². The molecule has 0 bridgehead atoms. The van der Waals surface area contributed by atoms with Crippen LogP contribution in [-0.4, -0.2) is 87.2 Å². The molecule has 0 radical (unpaired) electrons. The van der Waals surface area contributed by atoms with Crippen LogP contribution in [-0.2, 0) is 40.8 Å². The molecular weight excluding hydrogens is 594 g/mol. The molecule has 9 nitrogen and oxygen atoms in total. The Bertz CT molecular complexity index is 673. The quantitative estimate of drug-likeness (QED) is 0.0981. The Kier molecular flexibility index (Phi) is 14.1. The monoisotopic (exact) mass is 624 g/mol. The van der Waals surface area contributed by atoms with Crippen LogP contribution < -0.4 is 0 Å². The van der Waals surface area contributed by atoms with Crippen LogP contribution in [0.1, 0.15) is 41.5 Å². The molecule has 0 atom stereocenters. The van der Waals surface area contributed by atoms with Gasteiger partial charge in [-0.3, -0.25) is 0 Å². The lowest BCUT2D eigenvalue weighted by Gasteiger charge is -2.38. The number of hydrogen-bond donors (Lipinski definition) is 0. The SMILES string of the molecule is CCO[Si](OCC)(OCC)C(F)(F)OC(F)(F)OC(F)(F)C(F)(F)OC(F)(F)[Si](OCC)(OCC)OCC. The van der Waals surface area contributed by atoms with Crippen molar-refractivity contribution in [3.05, 3.63) is 0 Å². The highest BCUT2D eigenvalue weighted by atomic mass is 28.4. The summed E-state index contributed by atoms with van der Waals surface area (Å²) in [6, 6.07) is 0. The highest BCUT2D eigenvalue weighted by Gasteiger charge is 2.77. The number of ether oxygens (including phenoxy) is 3. The molecule has 0 rings (SSSR count). The Morgan fingerprint density at radius 2 is 0.632 bits per heavy atom. The van der Waals surface area contributed by atoms with E-state index in [4.69, 9.17) is 0 Å². The molecule has 0 aliphatic rings. The van der Waals surface area contributed by atoms with Crippen molar-refractivity contribution < 1.29 is 84.7 Å². The van der Waals surface area contributed by atoms with E-state index in [-0.39, 0.29) is 0 Å². The largest absolute Gasteiger partial charge is 0.609 e. The van der Waals surface area contributed by atoms with E-state index in [0.29, 0.717) is 0 Å². The van der Waals surface area contributed by atoms with Gasteiger partial charge < -0.3 is 26.6 Å². The van der Waals surface area contributed by atoms with E-state index in [2.05, 4.69) is 40.8 Å². The second kappa shape index (κ2) is 14.3. The first kappa shape index (κ1) is 37.4. The molecule has 0 unspecified atom stereocenters. The van der Waals surface area contributed by atoms with Gasteiger partial charge in [0.25, 0.3) is 0 Å². The first-order chi connectivity index (χ1) is 17.2. The molecule has 0 N–H and O–H groups in total. The zero-order chi connectivity index (χ0) is 30.1. The predicted octanol–water partition coefficient (Wildman–Crippen LogP) is 5.13. The van der Waals surface area contributed by atoms with Crippen LogP contribution in [0.25, 0.3) is 0 Å². The molecular formula is C17H30F10O9Si2. The van der Waals surface area contributed by atoms with Crippen molar-refractivity contribution >= 4 is 17.6 Å². The summed E-state index contributed by atoms with van der Waals surface area (Å²) in [7, 11) is -11.3. The zero-order valence-electron chi connectivity index (χ0n) is 21.2. The van der Waals surface area contributed by atoms with Gasteiger partial charge in [-0.25, -0.2) is 14.2 Å². The average molecular weight is 625 g/mol. The van der Waals surface area contributed by atoms with Crippen LogP contribution >= 0.6 is 0 Å². The third-order valence-corrected chi connectivity index (χ3v) is 9.45. The van der Waals surface area contributed by atoms with Crippen molar-refractivity contribution in [2.24, 2.45) is 0 Å². The second-order valence-electron chi connectivity index (χ2n) is 6.55. The minimum atomic E-state index is -6.71. The molecule has 0 aromatic carbocycles. The van der Waals surface area contributed by atoms with Gasteiger partial charge in [0.15, 0.2) is 0 Å². The Labute approximate surface area is 214 Å². The van der Waals surface area contributed by atoms with E-state index in [1.54, 1.807) is 0 Å². The molecule has 0 aliphatic heterocycles. The molecule has 0 saturated heterocycles. The predicted molar refractivity (Wildman–Crippen MR) is 109 cm³/mol. The fraction of sp³-hybridized carbons (Fsp3) is 1.00. The maximum Gasteiger partial charge on any atom is 0.609 e. The van der Waals surface area contributed by atoms with E-state index < -0.39 is 87.2 Å². The summed E-state index contributed by atoms with van der Waals surface area (Å²) >= 11 is 0. The van der Waals surface area contributed by atoms with Gasteiger partial charge in [0.1, 0.15) is 0 Å². The third-order valence-electron chi connectivity index (χ3n) is 3.81. The smallest absolute Gasteiger partial charge is 0.369 e. The van der Waals surface area contributed by atoms with Crippen LogP contribution in [0.3, 0.4) is 0 Å². The molecule has 230 valence electrons. The summed E-state index contributed by atoms with van der Waals surface area (Å²) in [5, 5.41) is 0. The zero-order valence-corrected chi connectivity index (χ0v) is 23.2. The normalized spacial score (nSPS) is 14.8. The lowest BCUT2D eigenvalue weighted by Crippen LogP contribution is -2.66. The van der Waals surface area contributed by atoms with Crippen LogP contribution in [0.15, 0.2) is 0 Å². The number of hydrogen-bond acceptors (Lipinski definition) is 9. The molecule has 21 heteroatoms. The Morgan fingerprint density at radius 3 is 0.895 bits per heavy atom. The van der Waals surface area contributed by atoms with Crippen molar-refractivity contribution in [3.63, 3.8) is 0 Å². The highest BCUT2D eigenvalue weighted by molar-refractivity contribution is 6.63. The lowest BCUT2D eigenvalue weighted by molar-refractivity contribution is -0.558. The third kappa shape index (κ3) is 8.94. The van der Waals surface area contributed by atoms with E-state index in [1.807, 2.05) is 0 Å². The van der Waals surface area contributed by atoms with E-state index in [1.165, 1.54) is 0 Å². The Balaban J connectivity index is 6.15. The number of alkyl halides is 10.